The molecule has 6 rings (SSSR count). The highest BCUT2D eigenvalue weighted by molar-refractivity contribution is 9.11. The minimum atomic E-state index is -6.36. The predicted octanol–water partition coefficient (Wildman–Crippen LogP) is 9.06. The lowest BCUT2D eigenvalue weighted by Crippen LogP contribution is -2.55. The van der Waals surface area contributed by atoms with Crippen molar-refractivity contribution in [2.75, 3.05) is 9.80 Å². The van der Waals surface area contributed by atoms with Gasteiger partial charge in [-0.1, -0.05) is 12.1 Å². The molecule has 55 heavy (non-hydrogen) atoms. The van der Waals surface area contributed by atoms with Crippen molar-refractivity contribution in [3.8, 4) is 0 Å². The van der Waals surface area contributed by atoms with Gasteiger partial charge in [-0.3, -0.25) is 39.4 Å². The molecule has 4 aromatic rings. The van der Waals surface area contributed by atoms with E-state index in [9.17, 15) is 52.6 Å². The van der Waals surface area contributed by atoms with Gasteiger partial charge in [-0.25, -0.2) is 9.80 Å². The number of carbonyl (C=O) groups excluding carboxylic acids is 4. The van der Waals surface area contributed by atoms with Crippen LogP contribution in [-0.2, 0) is 11.6 Å². The number of alkyl halides is 9. The molecule has 4 aromatic carbocycles. The topological polar surface area (TPSA) is 161 Å². The number of non-ortho nitro benzene ring substituents is 1. The number of imide groups is 2. The largest absolute Gasteiger partial charge is 0.416 e. The maximum atomic E-state index is 15.2. The molecule has 0 spiro atoms. The third-order valence-corrected chi connectivity index (χ3v) is 9.87. The lowest BCUT2D eigenvalue weighted by Gasteiger charge is -2.38. The molecule has 2 aliphatic rings. The fraction of sp³-hybridized carbons (Fsp3) is 0.125. The molecule has 12 nitrogen and oxygen atoms in total. The molecule has 0 aliphatic carbocycles. The Kier molecular flexibility index (Phi) is 8.99. The van der Waals surface area contributed by atoms with Gasteiger partial charge in [0.1, 0.15) is 5.69 Å². The van der Waals surface area contributed by atoms with Crippen molar-refractivity contribution in [1.29, 1.82) is 0 Å². The number of carbonyl (C=O) groups is 4. The van der Waals surface area contributed by atoms with Gasteiger partial charge in [0.25, 0.3) is 35.0 Å². The number of benzene rings is 4. The Labute approximate surface area is 314 Å². The van der Waals surface area contributed by atoms with Gasteiger partial charge in [-0.2, -0.15) is 39.5 Å². The molecule has 0 saturated carbocycles. The molecular formula is C32H11Br2F9N4O8. The van der Waals surface area contributed by atoms with Crippen LogP contribution in [0.2, 0.25) is 0 Å². The molecule has 4 amide bonds. The van der Waals surface area contributed by atoms with E-state index in [1.54, 1.807) is 0 Å². The van der Waals surface area contributed by atoms with Gasteiger partial charge in [0.05, 0.1) is 43.4 Å². The van der Waals surface area contributed by atoms with Gasteiger partial charge in [0.15, 0.2) is 0 Å². The highest BCUT2D eigenvalue weighted by Crippen LogP contribution is 2.57. The van der Waals surface area contributed by atoms with E-state index in [-0.39, 0.29) is 55.9 Å². The molecule has 0 aromatic heterocycles. The lowest BCUT2D eigenvalue weighted by molar-refractivity contribution is -0.385. The molecule has 284 valence electrons. The molecule has 0 saturated heterocycles. The number of fused-ring (bicyclic) bond motifs is 2. The second kappa shape index (κ2) is 12.7. The fourth-order valence-electron chi connectivity index (χ4n) is 6.26. The van der Waals surface area contributed by atoms with E-state index in [0.717, 1.165) is 12.1 Å². The Bertz CT molecular complexity index is 2410. The zero-order chi connectivity index (χ0) is 40.9. The van der Waals surface area contributed by atoms with Crippen LogP contribution in [-0.4, -0.2) is 45.8 Å². The second-order valence-corrected chi connectivity index (χ2v) is 13.3. The maximum Gasteiger partial charge on any atom is 0.416 e. The summed E-state index contributed by atoms with van der Waals surface area (Å²) in [4.78, 5) is 74.6. The van der Waals surface area contributed by atoms with Crippen molar-refractivity contribution < 1.29 is 68.5 Å². The van der Waals surface area contributed by atoms with Crippen molar-refractivity contribution >= 4 is 78.2 Å². The van der Waals surface area contributed by atoms with Gasteiger partial charge >= 0.3 is 18.5 Å². The highest BCUT2D eigenvalue weighted by Gasteiger charge is 2.73. The molecule has 0 bridgehead atoms. The van der Waals surface area contributed by atoms with Crippen LogP contribution in [0.1, 0.15) is 58.1 Å². The van der Waals surface area contributed by atoms with Crippen molar-refractivity contribution in [2.24, 2.45) is 0 Å². The van der Waals surface area contributed by atoms with Crippen molar-refractivity contribution in [3.63, 3.8) is 0 Å². The number of anilines is 2. The van der Waals surface area contributed by atoms with Crippen molar-refractivity contribution in [2.45, 2.75) is 23.9 Å². The van der Waals surface area contributed by atoms with Crippen LogP contribution in [0.25, 0.3) is 0 Å². The van der Waals surface area contributed by atoms with E-state index in [0.29, 0.717) is 23.1 Å². The molecule has 0 fully saturated rings. The van der Waals surface area contributed by atoms with Crippen LogP contribution >= 0.6 is 31.9 Å². The van der Waals surface area contributed by atoms with Gasteiger partial charge in [0.2, 0.25) is 5.41 Å². The first kappa shape index (κ1) is 39.0. The fourth-order valence-corrected chi connectivity index (χ4v) is 7.78. The van der Waals surface area contributed by atoms with Crippen LogP contribution < -0.4 is 9.80 Å². The standard InChI is InChI=1S/C32H11Br2F9N4O8/c33-20-10-15(46(52)53)11-21(34)24(20)45-26(49)17-5-2-13(8-19(17)28(45)51)29(31(38,39)40,32(41,42)43)12-1-4-16-18(7-12)27(50)44(25(16)48)22-6-3-14(30(35,36)37)9-23(22)47(54)55/h1-11H. The minimum Gasteiger partial charge on any atom is -0.268 e. The van der Waals surface area contributed by atoms with Crippen LogP contribution in [0.4, 0.5) is 62.3 Å². The summed E-state index contributed by atoms with van der Waals surface area (Å²) in [6.07, 6.45) is -17.9. The normalized spacial score (nSPS) is 14.8. The average Bonchev–Trinajstić information content (AvgIpc) is 3.46. The van der Waals surface area contributed by atoms with Gasteiger partial charge < -0.3 is 0 Å². The van der Waals surface area contributed by atoms with E-state index in [4.69, 9.17) is 0 Å². The summed E-state index contributed by atoms with van der Waals surface area (Å²) in [6.45, 7) is 0. The Morgan fingerprint density at radius 2 is 0.945 bits per heavy atom. The third-order valence-electron chi connectivity index (χ3n) is 8.67. The van der Waals surface area contributed by atoms with Gasteiger partial charge in [0, 0.05) is 27.1 Å². The first-order chi connectivity index (χ1) is 25.3. The number of nitro benzene ring substituents is 2. The van der Waals surface area contributed by atoms with E-state index >= 15 is 26.3 Å². The molecule has 0 unspecified atom stereocenters. The molecule has 0 N–H and O–H groups in total. The summed E-state index contributed by atoms with van der Waals surface area (Å²) in [5.41, 5.74) is -17.1. The van der Waals surface area contributed by atoms with Crippen LogP contribution in [0.15, 0.2) is 75.7 Å². The summed E-state index contributed by atoms with van der Waals surface area (Å²) in [6, 6.07) is 3.90. The lowest BCUT2D eigenvalue weighted by atomic mass is 9.71. The second-order valence-electron chi connectivity index (χ2n) is 11.6. The molecule has 2 aliphatic heterocycles. The maximum absolute atomic E-state index is 15.2. The monoisotopic (exact) mass is 908 g/mol. The summed E-state index contributed by atoms with van der Waals surface area (Å²) >= 11 is 5.94. The quantitative estimate of drug-likeness (QED) is 0.0802. The van der Waals surface area contributed by atoms with E-state index in [1.165, 1.54) is 0 Å². The number of rotatable bonds is 6. The highest BCUT2D eigenvalue weighted by atomic mass is 79.9. The average molecular weight is 910 g/mol. The number of nitro groups is 2. The minimum absolute atomic E-state index is 0.0251. The zero-order valence-electron chi connectivity index (χ0n) is 26.1. The molecular weight excluding hydrogens is 899 g/mol. The third kappa shape index (κ3) is 5.82. The summed E-state index contributed by atoms with van der Waals surface area (Å²) in [5, 5.41) is 22.9. The summed E-state index contributed by atoms with van der Waals surface area (Å²) in [7, 11) is 0. The molecule has 0 radical (unpaired) electrons. The summed E-state index contributed by atoms with van der Waals surface area (Å²) in [5.74, 6) is -5.90. The first-order valence-corrected chi connectivity index (χ1v) is 16.1. The Hall–Kier alpha value is -5.71. The Morgan fingerprint density at radius 1 is 0.527 bits per heavy atom. The van der Waals surface area contributed by atoms with Gasteiger partial charge in [-0.15, -0.1) is 0 Å². The van der Waals surface area contributed by atoms with Crippen LogP contribution in [0.5, 0.6) is 0 Å². The zero-order valence-corrected chi connectivity index (χ0v) is 29.2. The Morgan fingerprint density at radius 3 is 1.36 bits per heavy atom. The van der Waals surface area contributed by atoms with E-state index in [1.807, 2.05) is 0 Å². The molecule has 23 heteroatoms. The molecule has 2 heterocycles. The SMILES string of the molecule is O=C1c2ccc(C(c3ccc4c(c3)C(=O)N(c3c(Br)cc([N+](=O)[O-])cc3Br)C4=O)(C(F)(F)F)C(F)(F)F)cc2C(=O)N1c1ccc(C(F)(F)F)cc1[N+](=O)[O-]. The smallest absolute Gasteiger partial charge is 0.268 e. The summed E-state index contributed by atoms with van der Waals surface area (Å²) < 4.78 is 130. The van der Waals surface area contributed by atoms with Crippen molar-refractivity contribution in [1.82, 2.24) is 0 Å². The van der Waals surface area contributed by atoms with Crippen LogP contribution in [0.3, 0.4) is 0 Å². The number of amides is 4. The van der Waals surface area contributed by atoms with E-state index in [2.05, 4.69) is 31.9 Å². The first-order valence-electron chi connectivity index (χ1n) is 14.5. The van der Waals surface area contributed by atoms with E-state index < -0.39 is 113 Å². The Balaban J connectivity index is 1.50. The van der Waals surface area contributed by atoms with Crippen molar-refractivity contribution in [3.05, 3.63) is 135 Å². The predicted molar refractivity (Wildman–Crippen MR) is 175 cm³/mol. The van der Waals surface area contributed by atoms with Crippen LogP contribution in [0, 0.1) is 20.2 Å². The molecule has 0 atom stereocenters. The number of nitrogens with zero attached hydrogens (tertiary/aromatic N) is 4. The van der Waals surface area contributed by atoms with Gasteiger partial charge in [-0.05, 0) is 79.4 Å². The number of hydrogen-bond donors (Lipinski definition) is 0. The number of halogens is 11. The number of hydrogen-bond acceptors (Lipinski definition) is 8.